The Morgan fingerprint density at radius 1 is 0.833 bits per heavy atom. The lowest BCUT2D eigenvalue weighted by Gasteiger charge is -1.99. The zero-order valence-electron chi connectivity index (χ0n) is 6.04. The summed E-state index contributed by atoms with van der Waals surface area (Å²) in [6, 6.07) is 0. The molecule has 11 heteroatoms. The topological polar surface area (TPSA) is 46.2 Å². The molecule has 0 bridgehead atoms. The zero-order valence-corrected chi connectivity index (χ0v) is 12.0. The van der Waals surface area contributed by atoms with Crippen molar-refractivity contribution in [2.75, 3.05) is 0 Å². The summed E-state index contributed by atoms with van der Waals surface area (Å²) in [7, 11) is 3.15. The van der Waals surface area contributed by atoms with E-state index in [9.17, 15) is 0 Å². The summed E-state index contributed by atoms with van der Waals surface area (Å²) in [6.07, 6.45) is 0. The first-order valence-corrected chi connectivity index (χ1v) is 7.62. The SMILES string of the molecule is C[Si]O[Si]O[Si]O[Si]O[Si]O[Si]. The highest BCUT2D eigenvalue weighted by Crippen LogP contribution is 1.73. The Morgan fingerprint density at radius 2 is 1.33 bits per heavy atom. The molecule has 0 heterocycles. The van der Waals surface area contributed by atoms with Gasteiger partial charge < -0.3 is 20.6 Å². The second kappa shape index (κ2) is 12.1. The standard InChI is InChI=1S/CH3O5Si6/c1-8-3-10-5-12-6-11-4-9-2-7/h1H3. The van der Waals surface area contributed by atoms with Crippen molar-refractivity contribution < 1.29 is 20.6 Å². The molecule has 0 aliphatic carbocycles. The maximum atomic E-state index is 4.95. The predicted molar refractivity (Wildman–Crippen MR) is 45.8 cm³/mol. The van der Waals surface area contributed by atoms with E-state index in [-0.39, 0.29) is 40.0 Å². The maximum absolute atomic E-state index is 4.95. The molecule has 0 aromatic carbocycles. The fraction of sp³-hybridized carbons (Fsp3) is 1.00. The van der Waals surface area contributed by atoms with Gasteiger partial charge in [-0.05, 0) is 6.55 Å². The number of hydrogen-bond donors (Lipinski definition) is 0. The molecular weight excluding hydrogens is 261 g/mol. The second-order valence-corrected chi connectivity index (χ2v) is 6.21. The minimum absolute atomic E-state index is 0.0345. The van der Waals surface area contributed by atoms with Crippen LogP contribution < -0.4 is 0 Å². The number of hydrogen-bond acceptors (Lipinski definition) is 5. The largest absolute Gasteiger partial charge is 0.435 e. The lowest BCUT2D eigenvalue weighted by molar-refractivity contribution is 0.390. The van der Waals surface area contributed by atoms with Crippen LogP contribution in [0.3, 0.4) is 0 Å². The van der Waals surface area contributed by atoms with Gasteiger partial charge in [0.25, 0.3) is 0 Å². The van der Waals surface area contributed by atoms with Gasteiger partial charge in [0.2, 0.25) is 20.2 Å². The first-order chi connectivity index (χ1) is 5.91. The summed E-state index contributed by atoms with van der Waals surface area (Å²) in [5.41, 5.74) is 0. The van der Waals surface area contributed by atoms with Crippen molar-refractivity contribution >= 4 is 60.3 Å². The molecule has 0 aromatic heterocycles. The molecule has 0 saturated heterocycles. The molecule has 0 rings (SSSR count). The van der Waals surface area contributed by atoms with Crippen LogP contribution in [0.1, 0.15) is 0 Å². The Morgan fingerprint density at radius 3 is 1.83 bits per heavy atom. The van der Waals surface area contributed by atoms with E-state index in [0.29, 0.717) is 9.76 Å². The molecule has 0 fully saturated rings. The molecule has 0 aliphatic rings. The molecule has 0 N–H and O–H groups in total. The van der Waals surface area contributed by atoms with E-state index in [1.54, 1.807) is 0 Å². The van der Waals surface area contributed by atoms with Crippen molar-refractivity contribution in [1.82, 2.24) is 0 Å². The molecule has 0 saturated carbocycles. The molecule has 0 amide bonds. The fourth-order valence-electron chi connectivity index (χ4n) is 0.176. The lowest BCUT2D eigenvalue weighted by atomic mass is 11.9. The maximum Gasteiger partial charge on any atom is 0.412 e. The van der Waals surface area contributed by atoms with Gasteiger partial charge in [-0.1, -0.05) is 0 Å². The fourth-order valence-corrected chi connectivity index (χ4v) is 3.08. The van der Waals surface area contributed by atoms with Crippen LogP contribution in [0, 0.1) is 0 Å². The zero-order chi connectivity index (χ0) is 9.07. The summed E-state index contributed by atoms with van der Waals surface area (Å²) in [5, 5.41) is 0. The molecule has 13 radical (unpaired) electrons. The third-order valence-corrected chi connectivity index (χ3v) is 3.92. The van der Waals surface area contributed by atoms with Gasteiger partial charge in [-0.15, -0.1) is 0 Å². The van der Waals surface area contributed by atoms with Gasteiger partial charge >= 0.3 is 40.0 Å². The number of rotatable bonds is 9. The first kappa shape index (κ1) is 13.1. The molecule has 0 atom stereocenters. The average Bonchev–Trinajstić information content (AvgIpc) is 2.10. The van der Waals surface area contributed by atoms with Crippen LogP contribution >= 0.6 is 0 Å². The Hall–Kier alpha value is 1.10. The van der Waals surface area contributed by atoms with Crippen LogP contribution in [-0.2, 0) is 20.6 Å². The Bertz CT molecular complexity index is 72.3. The third-order valence-electron chi connectivity index (χ3n) is 0.435. The van der Waals surface area contributed by atoms with E-state index in [0.717, 1.165) is 0 Å². The summed E-state index contributed by atoms with van der Waals surface area (Å²) in [4.78, 5) is 0. The molecule has 5 nitrogen and oxygen atoms in total. The average molecular weight is 264 g/mol. The van der Waals surface area contributed by atoms with Crippen LogP contribution in [0.15, 0.2) is 0 Å². The summed E-state index contributed by atoms with van der Waals surface area (Å²) in [5.74, 6) is 0. The van der Waals surface area contributed by atoms with Crippen molar-refractivity contribution in [3.05, 3.63) is 0 Å². The monoisotopic (exact) mass is 263 g/mol. The normalized spacial score (nSPS) is 10.5. The van der Waals surface area contributed by atoms with Gasteiger partial charge in [-0.3, -0.25) is 0 Å². The highest BCUT2D eigenvalue weighted by atomic mass is 28.4. The van der Waals surface area contributed by atoms with Crippen LogP contribution in [0.2, 0.25) is 6.55 Å². The molecular formula is CH3O5Si6. The molecule has 0 unspecified atom stereocenters. The minimum atomic E-state index is -0.0543. The second-order valence-electron chi connectivity index (χ2n) is 1.05. The van der Waals surface area contributed by atoms with Crippen molar-refractivity contribution in [3.8, 4) is 0 Å². The third kappa shape index (κ3) is 11.1. The van der Waals surface area contributed by atoms with Gasteiger partial charge in [0.05, 0.1) is 0 Å². The van der Waals surface area contributed by atoms with E-state index in [1.807, 2.05) is 6.55 Å². The van der Waals surface area contributed by atoms with Crippen LogP contribution in [0.4, 0.5) is 0 Å². The van der Waals surface area contributed by atoms with E-state index in [4.69, 9.17) is 16.5 Å². The molecule has 61 valence electrons. The van der Waals surface area contributed by atoms with Crippen molar-refractivity contribution in [1.29, 1.82) is 0 Å². The van der Waals surface area contributed by atoms with Gasteiger partial charge in [-0.25, -0.2) is 0 Å². The molecule has 0 spiro atoms. The van der Waals surface area contributed by atoms with E-state index in [2.05, 4.69) is 14.6 Å². The molecule has 0 aliphatic heterocycles. The Labute approximate surface area is 87.6 Å². The smallest absolute Gasteiger partial charge is 0.412 e. The highest BCUT2D eigenvalue weighted by molar-refractivity contribution is 6.47. The Kier molecular flexibility index (Phi) is 13.2. The van der Waals surface area contributed by atoms with E-state index in [1.165, 1.54) is 0 Å². The van der Waals surface area contributed by atoms with Gasteiger partial charge in [-0.2, -0.15) is 0 Å². The van der Waals surface area contributed by atoms with Crippen molar-refractivity contribution in [2.24, 2.45) is 0 Å². The van der Waals surface area contributed by atoms with E-state index < -0.39 is 0 Å². The minimum Gasteiger partial charge on any atom is -0.435 e. The summed E-state index contributed by atoms with van der Waals surface area (Å²) >= 11 is 0. The lowest BCUT2D eigenvalue weighted by Crippen LogP contribution is -2.17. The van der Waals surface area contributed by atoms with Gasteiger partial charge in [0, 0.05) is 0 Å². The van der Waals surface area contributed by atoms with Crippen LogP contribution in [0.25, 0.3) is 0 Å². The van der Waals surface area contributed by atoms with E-state index >= 15 is 0 Å². The predicted octanol–water partition coefficient (Wildman–Crippen LogP) is -2.04. The quantitative estimate of drug-likeness (QED) is 0.354. The van der Waals surface area contributed by atoms with Gasteiger partial charge in [0.1, 0.15) is 0 Å². The molecule has 0 aromatic rings. The summed E-state index contributed by atoms with van der Waals surface area (Å²) < 4.78 is 24.1. The first-order valence-electron chi connectivity index (χ1n) is 2.54. The van der Waals surface area contributed by atoms with Gasteiger partial charge in [0.15, 0.2) is 0 Å². The molecule has 12 heavy (non-hydrogen) atoms. The summed E-state index contributed by atoms with van der Waals surface area (Å²) in [6.45, 7) is 1.93. The highest BCUT2D eigenvalue weighted by Gasteiger charge is 1.98. The van der Waals surface area contributed by atoms with Crippen molar-refractivity contribution in [2.45, 2.75) is 6.55 Å². The van der Waals surface area contributed by atoms with Crippen molar-refractivity contribution in [3.63, 3.8) is 0 Å². The Balaban J connectivity index is 2.73. The van der Waals surface area contributed by atoms with Crippen LogP contribution in [-0.4, -0.2) is 60.3 Å². The van der Waals surface area contributed by atoms with Crippen LogP contribution in [0.5, 0.6) is 0 Å².